The third kappa shape index (κ3) is 5.52. The molecule has 1 aliphatic rings. The molecule has 2 amide bonds. The van der Waals surface area contributed by atoms with E-state index in [4.69, 9.17) is 0 Å². The highest BCUT2D eigenvalue weighted by Crippen LogP contribution is 2.21. The van der Waals surface area contributed by atoms with Crippen molar-refractivity contribution in [1.82, 2.24) is 10.2 Å². The smallest absolute Gasteiger partial charge is 0.246 e. The number of rotatable bonds is 6. The standard InChI is InChI=1S/C22H27N3O2S/c1-17-8-10-20(11-9-17)28-16-21(23-18(2)26)22(27)25-14-12-24(13-15-25)19-6-4-3-5-7-19/h3-11,21H,12-16H2,1-2H3,(H,23,26). The number of piperazine rings is 1. The van der Waals surface area contributed by atoms with E-state index in [1.165, 1.54) is 18.2 Å². The molecule has 0 saturated carbocycles. The van der Waals surface area contributed by atoms with Gasteiger partial charge in [0.1, 0.15) is 6.04 Å². The number of benzene rings is 2. The first-order valence-corrected chi connectivity index (χ1v) is 10.6. The molecule has 3 rings (SSSR count). The Morgan fingerprint density at radius 2 is 1.64 bits per heavy atom. The molecule has 5 nitrogen and oxygen atoms in total. The molecule has 0 aromatic heterocycles. The number of nitrogens with zero attached hydrogens (tertiary/aromatic N) is 2. The van der Waals surface area contributed by atoms with E-state index in [2.05, 4.69) is 34.5 Å². The molecule has 1 unspecified atom stereocenters. The van der Waals surface area contributed by atoms with Crippen LogP contribution in [-0.2, 0) is 9.59 Å². The van der Waals surface area contributed by atoms with Gasteiger partial charge >= 0.3 is 0 Å². The molecule has 0 radical (unpaired) electrons. The van der Waals surface area contributed by atoms with Crippen LogP contribution in [0.2, 0.25) is 0 Å². The number of hydrogen-bond acceptors (Lipinski definition) is 4. The van der Waals surface area contributed by atoms with Crippen LogP contribution in [0.5, 0.6) is 0 Å². The van der Waals surface area contributed by atoms with Gasteiger partial charge in [-0.15, -0.1) is 11.8 Å². The molecule has 2 aromatic rings. The number of anilines is 1. The Balaban J connectivity index is 1.58. The monoisotopic (exact) mass is 397 g/mol. The molecule has 1 atom stereocenters. The second kappa shape index (κ2) is 9.64. The Morgan fingerprint density at radius 1 is 1.00 bits per heavy atom. The van der Waals surface area contributed by atoms with Gasteiger partial charge in [-0.3, -0.25) is 9.59 Å². The molecule has 1 fully saturated rings. The molecule has 1 heterocycles. The molecule has 1 aliphatic heterocycles. The van der Waals surface area contributed by atoms with Crippen molar-refractivity contribution in [2.24, 2.45) is 0 Å². The van der Waals surface area contributed by atoms with E-state index in [1.54, 1.807) is 11.8 Å². The van der Waals surface area contributed by atoms with Crippen LogP contribution in [0, 0.1) is 6.92 Å². The number of aryl methyl sites for hydroxylation is 1. The van der Waals surface area contributed by atoms with Crippen molar-refractivity contribution in [3.8, 4) is 0 Å². The van der Waals surface area contributed by atoms with Crippen LogP contribution in [0.25, 0.3) is 0 Å². The lowest BCUT2D eigenvalue weighted by atomic mass is 10.2. The molecule has 28 heavy (non-hydrogen) atoms. The van der Waals surface area contributed by atoms with E-state index >= 15 is 0 Å². The molecule has 0 bridgehead atoms. The van der Waals surface area contributed by atoms with Crippen molar-refractivity contribution >= 4 is 29.3 Å². The highest BCUT2D eigenvalue weighted by molar-refractivity contribution is 7.99. The largest absolute Gasteiger partial charge is 0.368 e. The van der Waals surface area contributed by atoms with E-state index in [1.807, 2.05) is 42.2 Å². The van der Waals surface area contributed by atoms with Crippen LogP contribution < -0.4 is 10.2 Å². The van der Waals surface area contributed by atoms with Crippen LogP contribution in [0.4, 0.5) is 5.69 Å². The van der Waals surface area contributed by atoms with Crippen molar-refractivity contribution in [1.29, 1.82) is 0 Å². The van der Waals surface area contributed by atoms with Gasteiger partial charge in [-0.25, -0.2) is 0 Å². The second-order valence-electron chi connectivity index (χ2n) is 7.03. The van der Waals surface area contributed by atoms with E-state index in [0.717, 1.165) is 18.0 Å². The van der Waals surface area contributed by atoms with Crippen LogP contribution >= 0.6 is 11.8 Å². The van der Waals surface area contributed by atoms with Crippen LogP contribution in [-0.4, -0.2) is 54.7 Å². The highest BCUT2D eigenvalue weighted by atomic mass is 32.2. The van der Waals surface area contributed by atoms with Gasteiger partial charge in [0.25, 0.3) is 0 Å². The molecule has 0 spiro atoms. The highest BCUT2D eigenvalue weighted by Gasteiger charge is 2.28. The predicted octanol–water partition coefficient (Wildman–Crippen LogP) is 2.94. The molecule has 2 aromatic carbocycles. The first-order valence-electron chi connectivity index (χ1n) is 9.58. The SMILES string of the molecule is CC(=O)NC(CSc1ccc(C)cc1)C(=O)N1CCN(c2ccccc2)CC1. The maximum atomic E-state index is 13.0. The van der Waals surface area contributed by atoms with E-state index < -0.39 is 6.04 Å². The summed E-state index contributed by atoms with van der Waals surface area (Å²) in [5.74, 6) is 0.355. The Bertz CT molecular complexity index is 787. The van der Waals surface area contributed by atoms with Crippen molar-refractivity contribution in [2.75, 3.05) is 36.8 Å². The summed E-state index contributed by atoms with van der Waals surface area (Å²) in [6.07, 6.45) is 0. The Hall–Kier alpha value is -2.47. The van der Waals surface area contributed by atoms with E-state index in [9.17, 15) is 9.59 Å². The number of nitrogens with one attached hydrogen (secondary N) is 1. The van der Waals surface area contributed by atoms with Gasteiger partial charge in [0.05, 0.1) is 0 Å². The average molecular weight is 398 g/mol. The fourth-order valence-electron chi connectivity index (χ4n) is 3.28. The zero-order chi connectivity index (χ0) is 19.9. The van der Waals surface area contributed by atoms with Crippen LogP contribution in [0.3, 0.4) is 0 Å². The van der Waals surface area contributed by atoms with Crippen LogP contribution in [0.1, 0.15) is 12.5 Å². The van der Waals surface area contributed by atoms with Gasteiger partial charge in [-0.2, -0.15) is 0 Å². The summed E-state index contributed by atoms with van der Waals surface area (Å²) in [6, 6.07) is 18.0. The molecule has 148 valence electrons. The lowest BCUT2D eigenvalue weighted by molar-refractivity contribution is -0.135. The van der Waals surface area contributed by atoms with Gasteiger partial charge in [-0.1, -0.05) is 35.9 Å². The Morgan fingerprint density at radius 3 is 2.25 bits per heavy atom. The van der Waals surface area contributed by atoms with Crippen molar-refractivity contribution in [3.05, 3.63) is 60.2 Å². The fraction of sp³-hybridized carbons (Fsp3) is 0.364. The molecule has 1 N–H and O–H groups in total. The van der Waals surface area contributed by atoms with E-state index in [0.29, 0.717) is 18.8 Å². The zero-order valence-corrected chi connectivity index (χ0v) is 17.2. The number of carbonyl (C=O) groups is 2. The number of para-hydroxylation sites is 1. The maximum Gasteiger partial charge on any atom is 0.246 e. The van der Waals surface area contributed by atoms with Crippen molar-refractivity contribution in [2.45, 2.75) is 24.8 Å². The predicted molar refractivity (Wildman–Crippen MR) is 115 cm³/mol. The zero-order valence-electron chi connectivity index (χ0n) is 16.4. The van der Waals surface area contributed by atoms with Gasteiger partial charge in [0.2, 0.25) is 11.8 Å². The molecular formula is C22H27N3O2S. The summed E-state index contributed by atoms with van der Waals surface area (Å²) in [5.41, 5.74) is 2.39. The topological polar surface area (TPSA) is 52.7 Å². The van der Waals surface area contributed by atoms with Gasteiger partial charge in [0, 0.05) is 49.4 Å². The summed E-state index contributed by atoms with van der Waals surface area (Å²) >= 11 is 1.60. The normalized spacial score (nSPS) is 15.2. The molecule has 1 saturated heterocycles. The molecule has 6 heteroatoms. The van der Waals surface area contributed by atoms with Gasteiger partial charge in [-0.05, 0) is 31.2 Å². The first kappa shape index (κ1) is 20.3. The second-order valence-corrected chi connectivity index (χ2v) is 8.12. The summed E-state index contributed by atoms with van der Waals surface area (Å²) in [5, 5.41) is 2.84. The maximum absolute atomic E-state index is 13.0. The lowest BCUT2D eigenvalue weighted by Crippen LogP contribution is -2.55. The number of amides is 2. The van der Waals surface area contributed by atoms with E-state index in [-0.39, 0.29) is 11.8 Å². The third-order valence-electron chi connectivity index (χ3n) is 4.83. The van der Waals surface area contributed by atoms with Crippen LogP contribution in [0.15, 0.2) is 59.5 Å². The minimum atomic E-state index is -0.507. The first-order chi connectivity index (χ1) is 13.5. The Labute approximate surface area is 171 Å². The lowest BCUT2D eigenvalue weighted by Gasteiger charge is -2.37. The summed E-state index contributed by atoms with van der Waals surface area (Å²) in [7, 11) is 0. The molecular weight excluding hydrogens is 370 g/mol. The molecule has 0 aliphatic carbocycles. The quantitative estimate of drug-likeness (QED) is 0.762. The minimum Gasteiger partial charge on any atom is -0.368 e. The summed E-state index contributed by atoms with van der Waals surface area (Å²) in [6.45, 7) is 6.44. The number of hydrogen-bond donors (Lipinski definition) is 1. The number of carbonyl (C=O) groups excluding carboxylic acids is 2. The van der Waals surface area contributed by atoms with Crippen molar-refractivity contribution < 1.29 is 9.59 Å². The third-order valence-corrected chi connectivity index (χ3v) is 5.93. The average Bonchev–Trinajstić information content (AvgIpc) is 2.72. The summed E-state index contributed by atoms with van der Waals surface area (Å²) < 4.78 is 0. The van der Waals surface area contributed by atoms with Gasteiger partial charge in [0.15, 0.2) is 0 Å². The fourth-order valence-corrected chi connectivity index (χ4v) is 4.19. The van der Waals surface area contributed by atoms with Gasteiger partial charge < -0.3 is 15.1 Å². The summed E-state index contributed by atoms with van der Waals surface area (Å²) in [4.78, 5) is 29.9. The van der Waals surface area contributed by atoms with Crippen molar-refractivity contribution in [3.63, 3.8) is 0 Å². The number of thioether (sulfide) groups is 1. The minimum absolute atomic E-state index is 0.00234. The Kier molecular flexibility index (Phi) is 6.98.